The molecule has 4 nitrogen and oxygen atoms in total. The standard InChI is InChI=1S/C15H24N2O2/c1-11(17-8-7-16-10-15(17,2)3)13-9-12(19-4)5-6-14(13)18/h5-6,9,11,16,18H,7-8,10H2,1-4H3. The van der Waals surface area contributed by atoms with E-state index in [1.807, 2.05) is 6.07 Å². The summed E-state index contributed by atoms with van der Waals surface area (Å²) in [5.74, 6) is 1.12. The normalized spacial score (nSPS) is 21.1. The van der Waals surface area contributed by atoms with Crippen LogP contribution in [0, 0.1) is 0 Å². The number of hydrogen-bond donors (Lipinski definition) is 2. The second-order valence-corrected chi connectivity index (χ2v) is 5.78. The van der Waals surface area contributed by atoms with Gasteiger partial charge in [-0.1, -0.05) is 0 Å². The lowest BCUT2D eigenvalue weighted by Gasteiger charge is -2.46. The molecule has 0 aliphatic carbocycles. The second kappa shape index (κ2) is 5.39. The highest BCUT2D eigenvalue weighted by Crippen LogP contribution is 2.35. The molecule has 0 spiro atoms. The van der Waals surface area contributed by atoms with E-state index in [2.05, 4.69) is 31.0 Å². The van der Waals surface area contributed by atoms with Gasteiger partial charge in [-0.15, -0.1) is 0 Å². The van der Waals surface area contributed by atoms with Crippen molar-refractivity contribution in [2.24, 2.45) is 0 Å². The summed E-state index contributed by atoms with van der Waals surface area (Å²) in [6, 6.07) is 5.58. The number of ether oxygens (including phenoxy) is 1. The smallest absolute Gasteiger partial charge is 0.120 e. The van der Waals surface area contributed by atoms with E-state index in [-0.39, 0.29) is 11.6 Å². The molecule has 1 unspecified atom stereocenters. The van der Waals surface area contributed by atoms with E-state index in [1.165, 1.54) is 0 Å². The summed E-state index contributed by atoms with van der Waals surface area (Å²) in [6.45, 7) is 9.52. The monoisotopic (exact) mass is 264 g/mol. The molecule has 1 aliphatic heterocycles. The number of rotatable bonds is 3. The quantitative estimate of drug-likeness (QED) is 0.878. The van der Waals surface area contributed by atoms with Gasteiger partial charge in [0.25, 0.3) is 0 Å². The van der Waals surface area contributed by atoms with E-state index >= 15 is 0 Å². The minimum Gasteiger partial charge on any atom is -0.508 e. The van der Waals surface area contributed by atoms with Gasteiger partial charge in [-0.05, 0) is 39.0 Å². The number of hydrogen-bond acceptors (Lipinski definition) is 4. The van der Waals surface area contributed by atoms with Crippen molar-refractivity contribution in [1.82, 2.24) is 10.2 Å². The van der Waals surface area contributed by atoms with E-state index in [1.54, 1.807) is 19.2 Å². The van der Waals surface area contributed by atoms with Crippen LogP contribution in [-0.2, 0) is 0 Å². The molecule has 1 heterocycles. The molecule has 4 heteroatoms. The Balaban J connectivity index is 2.30. The Hall–Kier alpha value is -1.26. The Morgan fingerprint density at radius 2 is 2.16 bits per heavy atom. The molecule has 0 aromatic heterocycles. The minimum atomic E-state index is 0.0766. The van der Waals surface area contributed by atoms with Crippen LogP contribution in [0.3, 0.4) is 0 Å². The Morgan fingerprint density at radius 3 is 2.79 bits per heavy atom. The summed E-state index contributed by atoms with van der Waals surface area (Å²) in [7, 11) is 1.65. The largest absolute Gasteiger partial charge is 0.508 e. The highest BCUT2D eigenvalue weighted by atomic mass is 16.5. The molecule has 1 saturated heterocycles. The predicted octanol–water partition coefficient (Wildman–Crippen LogP) is 2.15. The molecule has 1 aliphatic rings. The second-order valence-electron chi connectivity index (χ2n) is 5.78. The Bertz CT molecular complexity index is 446. The zero-order valence-corrected chi connectivity index (χ0v) is 12.2. The van der Waals surface area contributed by atoms with E-state index < -0.39 is 0 Å². The topological polar surface area (TPSA) is 44.7 Å². The first-order valence-electron chi connectivity index (χ1n) is 6.80. The van der Waals surface area contributed by atoms with Gasteiger partial charge in [0, 0.05) is 36.8 Å². The molecular formula is C15H24N2O2. The van der Waals surface area contributed by atoms with Crippen LogP contribution in [0.25, 0.3) is 0 Å². The predicted molar refractivity (Wildman–Crippen MR) is 76.7 cm³/mol. The highest BCUT2D eigenvalue weighted by molar-refractivity contribution is 5.41. The molecule has 2 rings (SSSR count). The number of benzene rings is 1. The molecular weight excluding hydrogens is 240 g/mol. The number of aromatic hydroxyl groups is 1. The first-order chi connectivity index (χ1) is 8.95. The van der Waals surface area contributed by atoms with Crippen LogP contribution in [0.1, 0.15) is 32.4 Å². The number of phenols is 1. The van der Waals surface area contributed by atoms with Gasteiger partial charge in [0.15, 0.2) is 0 Å². The summed E-state index contributed by atoms with van der Waals surface area (Å²) in [5.41, 5.74) is 1.00. The van der Waals surface area contributed by atoms with Crippen LogP contribution in [0.2, 0.25) is 0 Å². The van der Waals surface area contributed by atoms with Gasteiger partial charge >= 0.3 is 0 Å². The fraction of sp³-hybridized carbons (Fsp3) is 0.600. The molecule has 19 heavy (non-hydrogen) atoms. The SMILES string of the molecule is COc1ccc(O)c(C(C)N2CCNCC2(C)C)c1. The van der Waals surface area contributed by atoms with Crippen LogP contribution >= 0.6 is 0 Å². The van der Waals surface area contributed by atoms with Crippen molar-refractivity contribution in [3.8, 4) is 11.5 Å². The van der Waals surface area contributed by atoms with Crippen molar-refractivity contribution in [2.75, 3.05) is 26.7 Å². The summed E-state index contributed by atoms with van der Waals surface area (Å²) in [5, 5.41) is 13.5. The first kappa shape index (κ1) is 14.2. The van der Waals surface area contributed by atoms with Gasteiger partial charge in [0.1, 0.15) is 11.5 Å². The molecule has 1 atom stereocenters. The number of methoxy groups -OCH3 is 1. The maximum absolute atomic E-state index is 10.1. The highest BCUT2D eigenvalue weighted by Gasteiger charge is 2.34. The molecule has 1 fully saturated rings. The molecule has 1 aromatic rings. The maximum Gasteiger partial charge on any atom is 0.120 e. The zero-order chi connectivity index (χ0) is 14.0. The number of nitrogens with one attached hydrogen (secondary N) is 1. The van der Waals surface area contributed by atoms with E-state index in [0.29, 0.717) is 5.75 Å². The lowest BCUT2D eigenvalue weighted by molar-refractivity contribution is 0.0506. The van der Waals surface area contributed by atoms with Gasteiger partial charge in [-0.25, -0.2) is 0 Å². The molecule has 106 valence electrons. The van der Waals surface area contributed by atoms with Crippen molar-refractivity contribution in [3.05, 3.63) is 23.8 Å². The van der Waals surface area contributed by atoms with Crippen LogP contribution in [0.5, 0.6) is 11.5 Å². The van der Waals surface area contributed by atoms with Crippen LogP contribution in [0.15, 0.2) is 18.2 Å². The van der Waals surface area contributed by atoms with Gasteiger partial charge in [-0.3, -0.25) is 4.90 Å². The van der Waals surface area contributed by atoms with Crippen molar-refractivity contribution < 1.29 is 9.84 Å². The van der Waals surface area contributed by atoms with Gasteiger partial charge < -0.3 is 15.2 Å². The average molecular weight is 264 g/mol. The molecule has 0 saturated carbocycles. The van der Waals surface area contributed by atoms with Gasteiger partial charge in [-0.2, -0.15) is 0 Å². The third kappa shape index (κ3) is 2.85. The summed E-state index contributed by atoms with van der Waals surface area (Å²) in [4.78, 5) is 2.43. The molecule has 1 aromatic carbocycles. The van der Waals surface area contributed by atoms with E-state index in [4.69, 9.17) is 4.74 Å². The average Bonchev–Trinajstić information content (AvgIpc) is 2.38. The Morgan fingerprint density at radius 1 is 1.42 bits per heavy atom. The lowest BCUT2D eigenvalue weighted by atomic mass is 9.94. The van der Waals surface area contributed by atoms with Crippen molar-refractivity contribution >= 4 is 0 Å². The number of nitrogens with zero attached hydrogens (tertiary/aromatic N) is 1. The third-order valence-electron chi connectivity index (χ3n) is 4.02. The van der Waals surface area contributed by atoms with Crippen LogP contribution < -0.4 is 10.1 Å². The minimum absolute atomic E-state index is 0.0766. The fourth-order valence-electron chi connectivity index (χ4n) is 2.88. The van der Waals surface area contributed by atoms with E-state index in [0.717, 1.165) is 30.9 Å². The number of phenolic OH excluding ortho intramolecular Hbond substituents is 1. The first-order valence-corrected chi connectivity index (χ1v) is 6.80. The maximum atomic E-state index is 10.1. The van der Waals surface area contributed by atoms with Crippen LogP contribution in [0.4, 0.5) is 0 Å². The molecule has 0 bridgehead atoms. The molecule has 0 amide bonds. The van der Waals surface area contributed by atoms with Crippen molar-refractivity contribution in [3.63, 3.8) is 0 Å². The lowest BCUT2D eigenvalue weighted by Crippen LogP contribution is -2.58. The summed E-state index contributed by atoms with van der Waals surface area (Å²) < 4.78 is 5.26. The third-order valence-corrected chi connectivity index (χ3v) is 4.02. The van der Waals surface area contributed by atoms with E-state index in [9.17, 15) is 5.11 Å². The Kier molecular flexibility index (Phi) is 4.02. The van der Waals surface area contributed by atoms with Crippen molar-refractivity contribution in [1.29, 1.82) is 0 Å². The molecule has 2 N–H and O–H groups in total. The van der Waals surface area contributed by atoms with Gasteiger partial charge in [0.2, 0.25) is 0 Å². The fourth-order valence-corrected chi connectivity index (χ4v) is 2.88. The molecule has 0 radical (unpaired) electrons. The zero-order valence-electron chi connectivity index (χ0n) is 12.2. The summed E-state index contributed by atoms with van der Waals surface area (Å²) >= 11 is 0. The van der Waals surface area contributed by atoms with Gasteiger partial charge in [0.05, 0.1) is 7.11 Å². The Labute approximate surface area is 115 Å². The number of piperazine rings is 1. The van der Waals surface area contributed by atoms with Crippen LogP contribution in [-0.4, -0.2) is 42.3 Å². The van der Waals surface area contributed by atoms with Crippen molar-refractivity contribution in [2.45, 2.75) is 32.4 Å². The summed E-state index contributed by atoms with van der Waals surface area (Å²) in [6.07, 6.45) is 0.